The Bertz CT molecular complexity index is 264. The zero-order valence-corrected chi connectivity index (χ0v) is 8.79. The van der Waals surface area contributed by atoms with Gasteiger partial charge in [-0.2, -0.15) is 0 Å². The fraction of sp³-hybridized carbons (Fsp3) is 0.400. The molecule has 0 aromatic rings. The average molecular weight is 171 g/mol. The molecule has 0 heterocycles. The maximum atomic E-state index is 11.3. The van der Waals surface area contributed by atoms with Gasteiger partial charge in [0.25, 0.3) is 0 Å². The molecule has 0 radical (unpaired) electrons. The maximum Gasteiger partial charge on any atom is 1.00 e. The van der Waals surface area contributed by atoms with E-state index in [4.69, 9.17) is 0 Å². The second-order valence-corrected chi connectivity index (χ2v) is 3.34. The van der Waals surface area contributed by atoms with Gasteiger partial charge in [0.1, 0.15) is 0 Å². The van der Waals surface area contributed by atoms with Crippen molar-refractivity contribution in [1.29, 1.82) is 0 Å². The van der Waals surface area contributed by atoms with Crippen LogP contribution in [-0.4, -0.2) is 19.0 Å². The van der Waals surface area contributed by atoms with Crippen molar-refractivity contribution in [2.24, 2.45) is 0 Å². The van der Waals surface area contributed by atoms with E-state index in [0.29, 0.717) is 0 Å². The summed E-state index contributed by atoms with van der Waals surface area (Å²) in [5.74, 6) is 0.134. The Morgan fingerprint density at radius 3 is 2.54 bits per heavy atom. The Morgan fingerprint density at radius 2 is 2.00 bits per heavy atom. The van der Waals surface area contributed by atoms with Gasteiger partial charge in [0, 0.05) is 20.3 Å². The van der Waals surface area contributed by atoms with Crippen molar-refractivity contribution < 1.29 is 24.0 Å². The predicted octanol–water partition coefficient (Wildman–Crippen LogP) is -1.97. The van der Waals surface area contributed by atoms with Crippen molar-refractivity contribution >= 4 is 0 Å². The fourth-order valence-electron chi connectivity index (χ4n) is 1.19. The van der Waals surface area contributed by atoms with Crippen LogP contribution in [0, 0.1) is 0 Å². The summed E-state index contributed by atoms with van der Waals surface area (Å²) in [5.41, 5.74) is 2.11. The van der Waals surface area contributed by atoms with E-state index in [2.05, 4.69) is 0 Å². The second kappa shape index (κ2) is 5.21. The van der Waals surface area contributed by atoms with Crippen molar-refractivity contribution in [1.82, 2.24) is 4.90 Å². The first-order valence-electron chi connectivity index (χ1n) is 4.01. The Morgan fingerprint density at radius 1 is 1.38 bits per heavy atom. The Kier molecular flexibility index (Phi) is 4.98. The molecule has 0 amide bonds. The van der Waals surface area contributed by atoms with Crippen LogP contribution in [0.1, 0.15) is 13.3 Å². The third-order valence-electron chi connectivity index (χ3n) is 1.72. The molecule has 13 heavy (non-hydrogen) atoms. The average Bonchev–Trinajstić information content (AvgIpc) is 1.96. The minimum absolute atomic E-state index is 0. The molecule has 0 atom stereocenters. The Balaban J connectivity index is 0.00000144. The van der Waals surface area contributed by atoms with Gasteiger partial charge >= 0.3 is 18.9 Å². The maximum absolute atomic E-state index is 11.3. The van der Waals surface area contributed by atoms with E-state index in [1.807, 2.05) is 38.2 Å². The van der Waals surface area contributed by atoms with Gasteiger partial charge in [-0.05, 0) is 18.9 Å². The summed E-state index contributed by atoms with van der Waals surface area (Å²) in [6.45, 7) is 2.03. The molecule has 1 aliphatic rings. The molecule has 0 saturated heterocycles. The topological polar surface area (TPSA) is 26.3 Å². The van der Waals surface area contributed by atoms with Crippen molar-refractivity contribution in [3.05, 3.63) is 35.3 Å². The number of rotatable bonds is 1. The van der Waals surface area contributed by atoms with Gasteiger partial charge in [-0.25, -0.2) is 0 Å². The predicted molar refractivity (Wildman–Crippen MR) is 48.2 cm³/mol. The number of nitrogens with zero attached hydrogens (tertiary/aromatic N) is 1. The molecular formula is C10H14LiNO. The summed E-state index contributed by atoms with van der Waals surface area (Å²) in [7, 11) is 3.85. The first kappa shape index (κ1) is 12.4. The summed E-state index contributed by atoms with van der Waals surface area (Å²) >= 11 is 0. The molecule has 1 aliphatic carbocycles. The van der Waals surface area contributed by atoms with Gasteiger partial charge in [0.2, 0.25) is 0 Å². The van der Waals surface area contributed by atoms with Crippen LogP contribution in [0.5, 0.6) is 0 Å². The monoisotopic (exact) mass is 171 g/mol. The molecule has 0 aliphatic heterocycles. The minimum Gasteiger partial charge on any atom is -0.872 e. The quantitative estimate of drug-likeness (QED) is 0.428. The van der Waals surface area contributed by atoms with Crippen molar-refractivity contribution in [2.45, 2.75) is 13.3 Å². The van der Waals surface area contributed by atoms with Gasteiger partial charge in [-0.15, -0.1) is 5.76 Å². The van der Waals surface area contributed by atoms with Crippen LogP contribution in [0.3, 0.4) is 0 Å². The van der Waals surface area contributed by atoms with E-state index in [0.717, 1.165) is 12.0 Å². The molecule has 0 fully saturated rings. The largest absolute Gasteiger partial charge is 1.00 e. The third-order valence-corrected chi connectivity index (χ3v) is 1.72. The molecule has 0 N–H and O–H groups in total. The van der Waals surface area contributed by atoms with Crippen LogP contribution in [0.25, 0.3) is 0 Å². The summed E-state index contributed by atoms with van der Waals surface area (Å²) < 4.78 is 0. The summed E-state index contributed by atoms with van der Waals surface area (Å²) in [5, 5.41) is 11.3. The van der Waals surface area contributed by atoms with Gasteiger partial charge in [0.05, 0.1) is 0 Å². The number of allylic oxidation sites excluding steroid dienone is 4. The molecule has 0 spiro atoms. The SMILES string of the molecule is CC1=CC=C([O-])C(=CN(C)C)C1.[Li+]. The van der Waals surface area contributed by atoms with Crippen LogP contribution in [0.2, 0.25) is 0 Å². The van der Waals surface area contributed by atoms with Gasteiger partial charge in [-0.1, -0.05) is 17.7 Å². The molecule has 0 aromatic carbocycles. The molecule has 0 unspecified atom stereocenters. The molecule has 2 nitrogen and oxygen atoms in total. The van der Waals surface area contributed by atoms with Crippen LogP contribution in [-0.2, 0) is 0 Å². The van der Waals surface area contributed by atoms with E-state index >= 15 is 0 Å². The van der Waals surface area contributed by atoms with Crippen molar-refractivity contribution in [3.63, 3.8) is 0 Å². The number of hydrogen-bond donors (Lipinski definition) is 0. The summed E-state index contributed by atoms with van der Waals surface area (Å²) in [6, 6.07) is 0. The van der Waals surface area contributed by atoms with E-state index in [-0.39, 0.29) is 24.6 Å². The number of hydrogen-bond acceptors (Lipinski definition) is 2. The van der Waals surface area contributed by atoms with Crippen molar-refractivity contribution in [3.8, 4) is 0 Å². The standard InChI is InChI=1S/C10H15NO.Li/c1-8-4-5-10(12)9(6-8)7-11(2)3;/h4-5,7,12H,6H2,1-3H3;/q;+1/p-1. The second-order valence-electron chi connectivity index (χ2n) is 3.34. The van der Waals surface area contributed by atoms with E-state index in [9.17, 15) is 5.11 Å². The van der Waals surface area contributed by atoms with Gasteiger partial charge < -0.3 is 10.0 Å². The minimum atomic E-state index is 0. The summed E-state index contributed by atoms with van der Waals surface area (Å²) in [4.78, 5) is 1.90. The first-order valence-corrected chi connectivity index (χ1v) is 4.01. The smallest absolute Gasteiger partial charge is 0.872 e. The molecular weight excluding hydrogens is 157 g/mol. The zero-order valence-electron chi connectivity index (χ0n) is 8.79. The third kappa shape index (κ3) is 3.76. The van der Waals surface area contributed by atoms with Crippen LogP contribution in [0.15, 0.2) is 35.3 Å². The van der Waals surface area contributed by atoms with Gasteiger partial charge in [-0.3, -0.25) is 0 Å². The first-order chi connectivity index (χ1) is 5.59. The van der Waals surface area contributed by atoms with Crippen LogP contribution >= 0.6 is 0 Å². The fourth-order valence-corrected chi connectivity index (χ4v) is 1.19. The molecule has 3 heteroatoms. The molecule has 0 bridgehead atoms. The molecule has 1 rings (SSSR count). The normalized spacial score (nSPS) is 18.8. The Hall–Kier alpha value is -0.583. The molecule has 0 aromatic heterocycles. The van der Waals surface area contributed by atoms with Crippen LogP contribution < -0.4 is 24.0 Å². The Labute approximate surface area is 91.8 Å². The summed E-state index contributed by atoms with van der Waals surface area (Å²) in [6.07, 6.45) is 6.19. The molecule has 0 saturated carbocycles. The van der Waals surface area contributed by atoms with Crippen molar-refractivity contribution in [2.75, 3.05) is 14.1 Å². The van der Waals surface area contributed by atoms with Crippen LogP contribution in [0.4, 0.5) is 0 Å². The van der Waals surface area contributed by atoms with E-state index in [1.54, 1.807) is 6.08 Å². The zero-order chi connectivity index (χ0) is 9.14. The molecule has 66 valence electrons. The van der Waals surface area contributed by atoms with E-state index in [1.165, 1.54) is 5.57 Å². The van der Waals surface area contributed by atoms with Gasteiger partial charge in [0.15, 0.2) is 0 Å². The van der Waals surface area contributed by atoms with E-state index < -0.39 is 0 Å².